The summed E-state index contributed by atoms with van der Waals surface area (Å²) in [7, 11) is 0. The number of likely N-dealkylation sites (tertiary alicyclic amines) is 2. The van der Waals surface area contributed by atoms with Crippen LogP contribution in [-0.4, -0.2) is 85.2 Å². The van der Waals surface area contributed by atoms with E-state index >= 15 is 0 Å². The third-order valence-electron chi connectivity index (χ3n) is 9.53. The molecule has 3 saturated heterocycles. The average molecular weight is 518 g/mol. The summed E-state index contributed by atoms with van der Waals surface area (Å²) in [5.74, 6) is 1.51. The van der Waals surface area contributed by atoms with Crippen LogP contribution in [0.15, 0.2) is 55.1 Å². The lowest BCUT2D eigenvalue weighted by Crippen LogP contribution is -2.53. The number of fused-ring (bicyclic) bond motifs is 1. The number of ether oxygens (including phenoxy) is 1. The zero-order valence-corrected chi connectivity index (χ0v) is 23.6. The Balaban J connectivity index is 1.22. The molecule has 0 aromatic heterocycles. The fourth-order valence-corrected chi connectivity index (χ4v) is 7.16. The van der Waals surface area contributed by atoms with Gasteiger partial charge in [0.2, 0.25) is 5.91 Å². The summed E-state index contributed by atoms with van der Waals surface area (Å²) in [5, 5.41) is 0. The van der Waals surface area contributed by atoms with E-state index < -0.39 is 0 Å². The van der Waals surface area contributed by atoms with E-state index in [1.807, 2.05) is 11.0 Å². The number of carbonyl (C=O) groups is 1. The van der Waals surface area contributed by atoms with E-state index in [0.29, 0.717) is 43.0 Å². The number of carbonyl (C=O) groups excluding carboxylic acids is 1. The summed E-state index contributed by atoms with van der Waals surface area (Å²) in [6.45, 7) is 15.9. The smallest absolute Gasteiger partial charge is 0.227 e. The predicted molar refractivity (Wildman–Crippen MR) is 156 cm³/mol. The third-order valence-corrected chi connectivity index (χ3v) is 9.53. The number of rotatable bonds is 6. The number of morpholine rings is 1. The van der Waals surface area contributed by atoms with Crippen molar-refractivity contribution in [1.82, 2.24) is 14.7 Å². The summed E-state index contributed by atoms with van der Waals surface area (Å²) in [6.07, 6.45) is 14.5. The first-order valence-corrected chi connectivity index (χ1v) is 15.0. The van der Waals surface area contributed by atoms with E-state index in [9.17, 15) is 4.79 Å². The zero-order valence-electron chi connectivity index (χ0n) is 23.6. The van der Waals surface area contributed by atoms with E-state index in [-0.39, 0.29) is 5.92 Å². The molecule has 206 valence electrons. The largest absolute Gasteiger partial charge is 0.378 e. The molecule has 5 rings (SSSR count). The van der Waals surface area contributed by atoms with E-state index in [0.717, 1.165) is 58.5 Å². The lowest BCUT2D eigenvalue weighted by molar-refractivity contribution is -0.142. The topological polar surface area (TPSA) is 36.0 Å². The van der Waals surface area contributed by atoms with Crippen LogP contribution in [0.1, 0.15) is 50.7 Å². The monoisotopic (exact) mass is 517 g/mol. The predicted octanol–water partition coefficient (Wildman–Crippen LogP) is 5.04. The summed E-state index contributed by atoms with van der Waals surface area (Å²) < 4.78 is 5.46. The Morgan fingerprint density at radius 2 is 1.84 bits per heavy atom. The van der Waals surface area contributed by atoms with E-state index in [2.05, 4.69) is 72.7 Å². The molecule has 5 nitrogen and oxygen atoms in total. The molecule has 3 aliphatic heterocycles. The number of hydrogen-bond donors (Lipinski definition) is 0. The van der Waals surface area contributed by atoms with Crippen molar-refractivity contribution in [2.24, 2.45) is 17.8 Å². The molecule has 1 amide bonds. The van der Waals surface area contributed by atoms with Crippen molar-refractivity contribution in [2.75, 3.05) is 52.5 Å². The summed E-state index contributed by atoms with van der Waals surface area (Å²) in [4.78, 5) is 20.5. The molecule has 4 atom stereocenters. The SMILES string of the molecule is C=C/C=C\C1Cc2ccccc2C(C(C)N2CCC(N3CCC[C@@H](C(=O)N4CCOCC4)C3)CC2)=CC1C. The van der Waals surface area contributed by atoms with Crippen molar-refractivity contribution >= 4 is 11.5 Å². The van der Waals surface area contributed by atoms with Gasteiger partial charge in [0, 0.05) is 44.8 Å². The molecule has 5 heteroatoms. The van der Waals surface area contributed by atoms with Crippen LogP contribution in [0.2, 0.25) is 0 Å². The molecule has 0 saturated carbocycles. The van der Waals surface area contributed by atoms with Crippen molar-refractivity contribution in [3.8, 4) is 0 Å². The highest BCUT2D eigenvalue weighted by molar-refractivity contribution is 5.79. The second-order valence-corrected chi connectivity index (χ2v) is 11.8. The van der Waals surface area contributed by atoms with Crippen LogP contribution in [0.5, 0.6) is 0 Å². The first-order valence-electron chi connectivity index (χ1n) is 15.0. The molecule has 1 aliphatic carbocycles. The fourth-order valence-electron chi connectivity index (χ4n) is 7.16. The van der Waals surface area contributed by atoms with Gasteiger partial charge in [-0.3, -0.25) is 14.6 Å². The Morgan fingerprint density at radius 1 is 1.08 bits per heavy atom. The lowest BCUT2D eigenvalue weighted by atomic mass is 9.89. The van der Waals surface area contributed by atoms with Crippen molar-refractivity contribution in [3.63, 3.8) is 0 Å². The zero-order chi connectivity index (χ0) is 26.5. The molecular weight excluding hydrogens is 470 g/mol. The fraction of sp³-hybridized carbons (Fsp3) is 0.606. The van der Waals surface area contributed by atoms with Crippen molar-refractivity contribution in [1.29, 1.82) is 0 Å². The Hall–Kier alpha value is -2.21. The summed E-state index contributed by atoms with van der Waals surface area (Å²) >= 11 is 0. The quantitative estimate of drug-likeness (QED) is 0.495. The Labute approximate surface area is 230 Å². The van der Waals surface area contributed by atoms with Crippen LogP contribution in [-0.2, 0) is 16.0 Å². The minimum atomic E-state index is 0.163. The number of amides is 1. The van der Waals surface area contributed by atoms with Crippen LogP contribution < -0.4 is 0 Å². The maximum atomic E-state index is 13.2. The molecule has 3 heterocycles. The molecule has 38 heavy (non-hydrogen) atoms. The number of piperidine rings is 2. The van der Waals surface area contributed by atoms with Crippen molar-refractivity contribution < 1.29 is 9.53 Å². The van der Waals surface area contributed by atoms with Gasteiger partial charge in [0.05, 0.1) is 19.1 Å². The van der Waals surface area contributed by atoms with E-state index in [4.69, 9.17) is 4.74 Å². The van der Waals surface area contributed by atoms with Crippen LogP contribution in [0.3, 0.4) is 0 Å². The van der Waals surface area contributed by atoms with Crippen LogP contribution in [0.4, 0.5) is 0 Å². The third kappa shape index (κ3) is 6.16. The molecular formula is C33H47N3O2. The Morgan fingerprint density at radius 3 is 2.61 bits per heavy atom. The van der Waals surface area contributed by atoms with Crippen molar-refractivity contribution in [3.05, 3.63) is 66.3 Å². The lowest BCUT2D eigenvalue weighted by Gasteiger charge is -2.44. The second-order valence-electron chi connectivity index (χ2n) is 11.8. The maximum Gasteiger partial charge on any atom is 0.227 e. The molecule has 0 spiro atoms. The standard InChI is InChI=1S/C33H47N3O2/c1-4-5-9-27-23-28-10-6-7-12-31(28)32(22-25(27)2)26(3)34-16-13-30(14-17-34)36-15-8-11-29(24-36)33(37)35-18-20-38-21-19-35/h4-7,9-10,12,22,25-27,29-30H,1,8,11,13-21,23-24H2,2-3H3/b9-5-/t25?,26?,27?,29-/m1/s1. The Bertz CT molecular complexity index is 1020. The minimum Gasteiger partial charge on any atom is -0.378 e. The van der Waals surface area contributed by atoms with Crippen LogP contribution >= 0.6 is 0 Å². The number of benzene rings is 1. The van der Waals surface area contributed by atoms with Gasteiger partial charge < -0.3 is 9.64 Å². The van der Waals surface area contributed by atoms with Crippen molar-refractivity contribution in [2.45, 2.75) is 58.0 Å². The van der Waals surface area contributed by atoms with Gasteiger partial charge in [0.25, 0.3) is 0 Å². The van der Waals surface area contributed by atoms with Gasteiger partial charge in [-0.1, -0.05) is 62.1 Å². The van der Waals surface area contributed by atoms with E-state index in [1.54, 1.807) is 0 Å². The van der Waals surface area contributed by atoms with Crippen LogP contribution in [0.25, 0.3) is 5.57 Å². The minimum absolute atomic E-state index is 0.163. The summed E-state index contributed by atoms with van der Waals surface area (Å²) in [6, 6.07) is 10.0. The van der Waals surface area contributed by atoms with Crippen LogP contribution in [0, 0.1) is 17.8 Å². The van der Waals surface area contributed by atoms with Gasteiger partial charge in [-0.25, -0.2) is 0 Å². The molecule has 3 fully saturated rings. The normalized spacial score (nSPS) is 28.9. The highest BCUT2D eigenvalue weighted by Gasteiger charge is 2.35. The molecule has 1 aromatic carbocycles. The molecule has 3 unspecified atom stereocenters. The van der Waals surface area contributed by atoms with Gasteiger partial charge in [0.15, 0.2) is 0 Å². The highest BCUT2D eigenvalue weighted by atomic mass is 16.5. The second kappa shape index (κ2) is 12.8. The molecule has 0 radical (unpaired) electrons. The molecule has 1 aromatic rings. The van der Waals surface area contributed by atoms with Gasteiger partial charge in [0.1, 0.15) is 0 Å². The van der Waals surface area contributed by atoms with E-state index in [1.165, 1.54) is 29.5 Å². The van der Waals surface area contributed by atoms with Gasteiger partial charge in [-0.05, 0) is 74.1 Å². The first-order chi connectivity index (χ1) is 18.5. The maximum absolute atomic E-state index is 13.2. The number of hydrogen-bond acceptors (Lipinski definition) is 4. The summed E-state index contributed by atoms with van der Waals surface area (Å²) in [5.41, 5.74) is 4.40. The average Bonchev–Trinajstić information content (AvgIpc) is 3.12. The molecule has 0 N–H and O–H groups in total. The van der Waals surface area contributed by atoms with Gasteiger partial charge in [-0.15, -0.1) is 0 Å². The van der Waals surface area contributed by atoms with Gasteiger partial charge >= 0.3 is 0 Å². The number of allylic oxidation sites excluding steroid dienone is 4. The van der Waals surface area contributed by atoms with Gasteiger partial charge in [-0.2, -0.15) is 0 Å². The Kier molecular flexibility index (Phi) is 9.19. The molecule has 0 bridgehead atoms. The molecule has 4 aliphatic rings. The first kappa shape index (κ1) is 27.4. The highest BCUT2D eigenvalue weighted by Crippen LogP contribution is 2.36. The number of nitrogens with zero attached hydrogens (tertiary/aromatic N) is 3.